The van der Waals surface area contributed by atoms with E-state index in [1.54, 1.807) is 24.3 Å². The van der Waals surface area contributed by atoms with Gasteiger partial charge in [-0.15, -0.1) is 0 Å². The van der Waals surface area contributed by atoms with Gasteiger partial charge in [0.2, 0.25) is 0 Å². The monoisotopic (exact) mass is 299 g/mol. The van der Waals surface area contributed by atoms with Crippen LogP contribution in [-0.2, 0) is 10.4 Å². The predicted molar refractivity (Wildman–Crippen MR) is 77.2 cm³/mol. The number of hydrogen-bond acceptors (Lipinski definition) is 5. The van der Waals surface area contributed by atoms with Crippen LogP contribution in [-0.4, -0.2) is 29.3 Å². The fourth-order valence-electron chi connectivity index (χ4n) is 2.88. The van der Waals surface area contributed by atoms with Crippen LogP contribution in [0.1, 0.15) is 11.1 Å². The van der Waals surface area contributed by atoms with Crippen molar-refractivity contribution in [3.8, 4) is 17.2 Å². The second kappa shape index (κ2) is 4.38. The van der Waals surface area contributed by atoms with E-state index in [0.29, 0.717) is 36.0 Å². The second-order valence-corrected chi connectivity index (χ2v) is 5.22. The zero-order valence-electron chi connectivity index (χ0n) is 11.5. The standard InChI is InChI=1S/C16H13NO5/c18-12-8-14-13(21-5-6-22-14)7-10(12)16(20)9-3-1-2-4-11(9)17-15(16)19/h1-4,7-8,18,20H,5-6H2,(H,17,19). The molecule has 3 N–H and O–H groups in total. The Labute approximate surface area is 125 Å². The van der Waals surface area contributed by atoms with E-state index in [-0.39, 0.29) is 11.3 Å². The van der Waals surface area contributed by atoms with Gasteiger partial charge in [0.1, 0.15) is 19.0 Å². The SMILES string of the molecule is O=C1Nc2ccccc2C1(O)c1cc2c(cc1O)OCCO2. The molecule has 1 unspecified atom stereocenters. The smallest absolute Gasteiger partial charge is 0.266 e. The number of aliphatic hydroxyl groups is 1. The number of phenolic OH excluding ortho intramolecular Hbond substituents is 1. The molecular weight excluding hydrogens is 286 g/mol. The van der Waals surface area contributed by atoms with Crippen molar-refractivity contribution in [3.05, 3.63) is 47.5 Å². The van der Waals surface area contributed by atoms with Gasteiger partial charge in [0.25, 0.3) is 5.91 Å². The Morgan fingerprint density at radius 2 is 1.73 bits per heavy atom. The summed E-state index contributed by atoms with van der Waals surface area (Å²) in [5, 5.41) is 23.9. The maximum atomic E-state index is 12.3. The van der Waals surface area contributed by atoms with Crippen LogP contribution >= 0.6 is 0 Å². The van der Waals surface area contributed by atoms with Crippen molar-refractivity contribution < 1.29 is 24.5 Å². The van der Waals surface area contributed by atoms with Crippen molar-refractivity contribution in [1.82, 2.24) is 0 Å². The van der Waals surface area contributed by atoms with Gasteiger partial charge in [-0.1, -0.05) is 18.2 Å². The zero-order chi connectivity index (χ0) is 15.3. The van der Waals surface area contributed by atoms with Gasteiger partial charge in [0.15, 0.2) is 17.1 Å². The Bertz CT molecular complexity index is 788. The first-order valence-corrected chi connectivity index (χ1v) is 6.87. The molecule has 2 aliphatic rings. The fourth-order valence-corrected chi connectivity index (χ4v) is 2.88. The summed E-state index contributed by atoms with van der Waals surface area (Å²) in [6.45, 7) is 0.762. The molecule has 0 radical (unpaired) electrons. The molecule has 0 aromatic heterocycles. The van der Waals surface area contributed by atoms with E-state index < -0.39 is 11.5 Å². The minimum Gasteiger partial charge on any atom is -0.507 e. The number of carbonyl (C=O) groups excluding carboxylic acids is 1. The summed E-state index contributed by atoms with van der Waals surface area (Å²) in [5.74, 6) is -0.0493. The van der Waals surface area contributed by atoms with Crippen LogP contribution in [0, 0.1) is 0 Å². The van der Waals surface area contributed by atoms with E-state index in [0.717, 1.165) is 0 Å². The van der Waals surface area contributed by atoms with Crippen molar-refractivity contribution in [2.24, 2.45) is 0 Å². The minimum absolute atomic E-state index is 0.0687. The number of ether oxygens (including phenoxy) is 2. The van der Waals surface area contributed by atoms with Crippen molar-refractivity contribution in [2.75, 3.05) is 18.5 Å². The molecule has 0 spiro atoms. The number of benzene rings is 2. The van der Waals surface area contributed by atoms with Crippen molar-refractivity contribution in [1.29, 1.82) is 0 Å². The highest BCUT2D eigenvalue weighted by atomic mass is 16.6. The minimum atomic E-state index is -1.96. The van der Waals surface area contributed by atoms with Crippen LogP contribution in [0.4, 0.5) is 5.69 Å². The molecule has 2 aromatic rings. The maximum Gasteiger partial charge on any atom is 0.266 e. The molecule has 0 bridgehead atoms. The third-order valence-electron chi connectivity index (χ3n) is 3.94. The average molecular weight is 299 g/mol. The largest absolute Gasteiger partial charge is 0.507 e. The maximum absolute atomic E-state index is 12.3. The molecule has 2 heterocycles. The summed E-state index contributed by atoms with van der Waals surface area (Å²) < 4.78 is 10.9. The highest BCUT2D eigenvalue weighted by Crippen LogP contribution is 2.47. The molecule has 2 aromatic carbocycles. The number of rotatable bonds is 1. The fraction of sp³-hybridized carbons (Fsp3) is 0.188. The lowest BCUT2D eigenvalue weighted by atomic mass is 9.86. The summed E-state index contributed by atoms with van der Waals surface area (Å²) in [6, 6.07) is 9.62. The molecule has 0 aliphatic carbocycles. The van der Waals surface area contributed by atoms with Crippen molar-refractivity contribution >= 4 is 11.6 Å². The molecule has 1 atom stereocenters. The summed E-state index contributed by atoms with van der Waals surface area (Å²) in [4.78, 5) is 12.3. The number of phenols is 1. The molecular formula is C16H13NO5. The topological polar surface area (TPSA) is 88.0 Å². The van der Waals surface area contributed by atoms with E-state index >= 15 is 0 Å². The lowest BCUT2D eigenvalue weighted by molar-refractivity contribution is -0.129. The van der Waals surface area contributed by atoms with Crippen LogP contribution in [0.2, 0.25) is 0 Å². The quantitative estimate of drug-likeness (QED) is 0.740. The number of fused-ring (bicyclic) bond motifs is 2. The van der Waals surface area contributed by atoms with Gasteiger partial charge >= 0.3 is 0 Å². The highest BCUT2D eigenvalue weighted by molar-refractivity contribution is 6.07. The Balaban J connectivity index is 1.93. The van der Waals surface area contributed by atoms with Crippen LogP contribution in [0.25, 0.3) is 0 Å². The van der Waals surface area contributed by atoms with Crippen LogP contribution in [0.3, 0.4) is 0 Å². The van der Waals surface area contributed by atoms with E-state index in [1.165, 1.54) is 12.1 Å². The molecule has 0 saturated carbocycles. The molecule has 0 saturated heterocycles. The summed E-state index contributed by atoms with van der Waals surface area (Å²) >= 11 is 0. The van der Waals surface area contributed by atoms with Crippen molar-refractivity contribution in [3.63, 3.8) is 0 Å². The van der Waals surface area contributed by atoms with Crippen LogP contribution in [0.5, 0.6) is 17.2 Å². The van der Waals surface area contributed by atoms with Gasteiger partial charge in [-0.25, -0.2) is 0 Å². The first kappa shape index (κ1) is 13.0. The Morgan fingerprint density at radius 1 is 1.05 bits per heavy atom. The number of aromatic hydroxyl groups is 1. The van der Waals surface area contributed by atoms with Gasteiger partial charge in [0, 0.05) is 22.9 Å². The second-order valence-electron chi connectivity index (χ2n) is 5.22. The van der Waals surface area contributed by atoms with Gasteiger partial charge in [-0.3, -0.25) is 4.79 Å². The number of hydrogen-bond donors (Lipinski definition) is 3. The van der Waals surface area contributed by atoms with Gasteiger partial charge in [0.05, 0.1) is 0 Å². The molecule has 4 rings (SSSR count). The van der Waals surface area contributed by atoms with Crippen LogP contribution < -0.4 is 14.8 Å². The first-order valence-electron chi connectivity index (χ1n) is 6.87. The van der Waals surface area contributed by atoms with E-state index in [1.807, 2.05) is 0 Å². The van der Waals surface area contributed by atoms with Crippen LogP contribution in [0.15, 0.2) is 36.4 Å². The predicted octanol–water partition coefficient (Wildman–Crippen LogP) is 1.35. The Hall–Kier alpha value is -2.73. The average Bonchev–Trinajstić information content (AvgIpc) is 2.79. The molecule has 0 fully saturated rings. The molecule has 22 heavy (non-hydrogen) atoms. The van der Waals surface area contributed by atoms with Gasteiger partial charge < -0.3 is 25.0 Å². The molecule has 112 valence electrons. The summed E-state index contributed by atoms with van der Waals surface area (Å²) in [5.41, 5.74) is -0.980. The zero-order valence-corrected chi connectivity index (χ0v) is 11.5. The number of anilines is 1. The van der Waals surface area contributed by atoms with Crippen molar-refractivity contribution in [2.45, 2.75) is 5.60 Å². The van der Waals surface area contributed by atoms with Gasteiger partial charge in [-0.2, -0.15) is 0 Å². The normalized spacial score (nSPS) is 22.1. The lowest BCUT2D eigenvalue weighted by Gasteiger charge is -2.25. The number of carbonyl (C=O) groups is 1. The highest BCUT2D eigenvalue weighted by Gasteiger charge is 2.48. The van der Waals surface area contributed by atoms with E-state index in [2.05, 4.69) is 5.32 Å². The molecule has 6 nitrogen and oxygen atoms in total. The number of amides is 1. The lowest BCUT2D eigenvalue weighted by Crippen LogP contribution is -2.35. The number of nitrogens with one attached hydrogen (secondary N) is 1. The number of para-hydroxylation sites is 1. The Morgan fingerprint density at radius 3 is 2.50 bits per heavy atom. The molecule has 2 aliphatic heterocycles. The molecule has 6 heteroatoms. The first-order chi connectivity index (χ1) is 10.6. The van der Waals surface area contributed by atoms with E-state index in [4.69, 9.17) is 9.47 Å². The third kappa shape index (κ3) is 1.61. The van der Waals surface area contributed by atoms with E-state index in [9.17, 15) is 15.0 Å². The Kier molecular flexibility index (Phi) is 2.58. The van der Waals surface area contributed by atoms with Gasteiger partial charge in [-0.05, 0) is 12.1 Å². The molecule has 1 amide bonds. The summed E-state index contributed by atoms with van der Waals surface area (Å²) in [7, 11) is 0. The third-order valence-corrected chi connectivity index (χ3v) is 3.94. The summed E-state index contributed by atoms with van der Waals surface area (Å²) in [6.07, 6.45) is 0.